The van der Waals surface area contributed by atoms with E-state index in [-0.39, 0.29) is 17.8 Å². The number of nitrogens with zero attached hydrogens (tertiary/aromatic N) is 2. The molecule has 1 aliphatic heterocycles. The van der Waals surface area contributed by atoms with E-state index in [0.717, 1.165) is 18.8 Å². The summed E-state index contributed by atoms with van der Waals surface area (Å²) in [7, 11) is 1.60. The number of furan rings is 1. The van der Waals surface area contributed by atoms with E-state index in [2.05, 4.69) is 4.90 Å². The predicted octanol–water partition coefficient (Wildman–Crippen LogP) is 2.41. The van der Waals surface area contributed by atoms with Crippen LogP contribution in [0.3, 0.4) is 0 Å². The molecule has 2 heterocycles. The van der Waals surface area contributed by atoms with Crippen molar-refractivity contribution in [3.8, 4) is 0 Å². The molecule has 2 aromatic rings. The van der Waals surface area contributed by atoms with Gasteiger partial charge < -0.3 is 18.8 Å². The van der Waals surface area contributed by atoms with Gasteiger partial charge >= 0.3 is 0 Å². The molecule has 0 bridgehead atoms. The Morgan fingerprint density at radius 3 is 2.85 bits per heavy atom. The molecular weight excluding hydrogens is 351 g/mol. The van der Waals surface area contributed by atoms with E-state index in [9.17, 15) is 9.18 Å². The summed E-state index contributed by atoms with van der Waals surface area (Å²) in [5.41, 5.74) is 0.454. The Labute approximate surface area is 158 Å². The number of hydrogen-bond donors (Lipinski definition) is 0. The second-order valence-corrected chi connectivity index (χ2v) is 6.56. The number of rotatable bonds is 8. The molecule has 0 unspecified atom stereocenters. The first kappa shape index (κ1) is 19.5. The average Bonchev–Trinajstić information content (AvgIpc) is 3.18. The van der Waals surface area contributed by atoms with E-state index in [0.29, 0.717) is 38.4 Å². The van der Waals surface area contributed by atoms with Crippen LogP contribution >= 0.6 is 0 Å². The van der Waals surface area contributed by atoms with Crippen molar-refractivity contribution < 1.29 is 23.1 Å². The summed E-state index contributed by atoms with van der Waals surface area (Å²) in [5, 5.41) is 0. The highest BCUT2D eigenvalue weighted by molar-refractivity contribution is 5.94. The summed E-state index contributed by atoms with van der Waals surface area (Å²) in [6.07, 6.45) is 1.57. The van der Waals surface area contributed by atoms with Crippen LogP contribution in [-0.2, 0) is 16.0 Å². The molecule has 1 aromatic heterocycles. The fourth-order valence-corrected chi connectivity index (χ4v) is 3.16. The minimum atomic E-state index is -0.362. The van der Waals surface area contributed by atoms with Gasteiger partial charge in [0.25, 0.3) is 5.91 Å². The van der Waals surface area contributed by atoms with Gasteiger partial charge in [-0.25, -0.2) is 4.39 Å². The number of ether oxygens (including phenoxy) is 2. The third-order valence-electron chi connectivity index (χ3n) is 4.55. The quantitative estimate of drug-likeness (QED) is 0.708. The maximum Gasteiger partial charge on any atom is 0.254 e. The first-order valence-corrected chi connectivity index (χ1v) is 9.06. The maximum atomic E-state index is 13.1. The smallest absolute Gasteiger partial charge is 0.254 e. The Kier molecular flexibility index (Phi) is 6.98. The van der Waals surface area contributed by atoms with E-state index in [1.165, 1.54) is 24.3 Å². The van der Waals surface area contributed by atoms with Crippen LogP contribution in [0.4, 0.5) is 4.39 Å². The van der Waals surface area contributed by atoms with Gasteiger partial charge in [0.1, 0.15) is 11.6 Å². The van der Waals surface area contributed by atoms with E-state index < -0.39 is 0 Å². The highest BCUT2D eigenvalue weighted by atomic mass is 19.1. The van der Waals surface area contributed by atoms with Gasteiger partial charge in [-0.2, -0.15) is 0 Å². The van der Waals surface area contributed by atoms with Crippen molar-refractivity contribution in [3.63, 3.8) is 0 Å². The van der Waals surface area contributed by atoms with E-state index in [1.54, 1.807) is 18.3 Å². The molecule has 27 heavy (non-hydrogen) atoms. The van der Waals surface area contributed by atoms with Gasteiger partial charge in [0.05, 0.1) is 32.1 Å². The average molecular weight is 376 g/mol. The molecule has 1 aliphatic rings. The highest BCUT2D eigenvalue weighted by Crippen LogP contribution is 2.14. The Balaban J connectivity index is 1.62. The molecule has 1 aromatic carbocycles. The van der Waals surface area contributed by atoms with Crippen LogP contribution < -0.4 is 0 Å². The molecule has 7 heteroatoms. The van der Waals surface area contributed by atoms with Crippen LogP contribution in [0, 0.1) is 5.82 Å². The molecule has 0 radical (unpaired) electrons. The van der Waals surface area contributed by atoms with Crippen molar-refractivity contribution in [1.29, 1.82) is 0 Å². The second kappa shape index (κ2) is 9.64. The molecule has 1 saturated heterocycles. The lowest BCUT2D eigenvalue weighted by Gasteiger charge is -2.35. The Morgan fingerprint density at radius 1 is 1.33 bits per heavy atom. The third kappa shape index (κ3) is 5.63. The highest BCUT2D eigenvalue weighted by Gasteiger charge is 2.26. The Bertz CT molecular complexity index is 705. The third-order valence-corrected chi connectivity index (χ3v) is 4.55. The van der Waals surface area contributed by atoms with E-state index in [4.69, 9.17) is 13.9 Å². The van der Waals surface area contributed by atoms with Crippen LogP contribution in [0.1, 0.15) is 16.1 Å². The molecule has 1 fully saturated rings. The Morgan fingerprint density at radius 2 is 2.15 bits per heavy atom. The number of carbonyl (C=O) groups is 1. The molecule has 1 amide bonds. The summed E-state index contributed by atoms with van der Waals surface area (Å²) in [6.45, 7) is 4.18. The van der Waals surface area contributed by atoms with Crippen LogP contribution in [0.2, 0.25) is 0 Å². The van der Waals surface area contributed by atoms with Gasteiger partial charge in [0.2, 0.25) is 0 Å². The van der Waals surface area contributed by atoms with Crippen molar-refractivity contribution in [2.75, 3.05) is 46.5 Å². The fourth-order valence-electron chi connectivity index (χ4n) is 3.16. The van der Waals surface area contributed by atoms with E-state index >= 15 is 0 Å². The van der Waals surface area contributed by atoms with Gasteiger partial charge in [0, 0.05) is 38.9 Å². The molecule has 6 nitrogen and oxygen atoms in total. The molecule has 0 saturated carbocycles. The monoisotopic (exact) mass is 376 g/mol. The standard InChI is InChI=1S/C20H25FN2O4/c1-25-11-9-23(20(24)16-4-6-17(21)7-5-16)15-19-14-22(8-12-27-19)13-18-3-2-10-26-18/h2-7,10,19H,8-9,11-15H2,1H3/t19-/m0/s1. The summed E-state index contributed by atoms with van der Waals surface area (Å²) < 4.78 is 29.6. The topological polar surface area (TPSA) is 55.1 Å². The van der Waals surface area contributed by atoms with Gasteiger partial charge in [0.15, 0.2) is 0 Å². The maximum absolute atomic E-state index is 13.1. The zero-order valence-corrected chi connectivity index (χ0v) is 15.5. The van der Waals surface area contributed by atoms with Gasteiger partial charge in [-0.1, -0.05) is 0 Å². The lowest BCUT2D eigenvalue weighted by Crippen LogP contribution is -2.49. The van der Waals surface area contributed by atoms with Crippen LogP contribution in [0.15, 0.2) is 47.1 Å². The molecule has 0 spiro atoms. The number of amides is 1. The lowest BCUT2D eigenvalue weighted by molar-refractivity contribution is -0.0458. The molecule has 0 aliphatic carbocycles. The normalized spacial score (nSPS) is 17.8. The van der Waals surface area contributed by atoms with Gasteiger partial charge in [-0.3, -0.25) is 9.69 Å². The molecule has 146 valence electrons. The first-order chi connectivity index (χ1) is 13.2. The molecule has 1 atom stereocenters. The van der Waals surface area contributed by atoms with Crippen LogP contribution in [0.25, 0.3) is 0 Å². The zero-order chi connectivity index (χ0) is 19.1. The number of methoxy groups -OCH3 is 1. The number of benzene rings is 1. The number of halogens is 1. The summed E-state index contributed by atoms with van der Waals surface area (Å²) in [6, 6.07) is 9.42. The summed E-state index contributed by atoms with van der Waals surface area (Å²) >= 11 is 0. The minimum Gasteiger partial charge on any atom is -0.468 e. The first-order valence-electron chi connectivity index (χ1n) is 9.06. The van der Waals surface area contributed by atoms with Gasteiger partial charge in [-0.05, 0) is 36.4 Å². The summed E-state index contributed by atoms with van der Waals surface area (Å²) in [4.78, 5) is 16.8. The largest absolute Gasteiger partial charge is 0.468 e. The van der Waals surface area contributed by atoms with E-state index in [1.807, 2.05) is 12.1 Å². The Hall–Kier alpha value is -2.22. The lowest BCUT2D eigenvalue weighted by atomic mass is 10.1. The molecular formula is C20H25FN2O4. The molecule has 0 N–H and O–H groups in total. The fraction of sp³-hybridized carbons (Fsp3) is 0.450. The van der Waals surface area contributed by atoms with Crippen LogP contribution in [-0.4, -0.2) is 68.3 Å². The number of morpholine rings is 1. The summed E-state index contributed by atoms with van der Waals surface area (Å²) in [5.74, 6) is 0.396. The van der Waals surface area contributed by atoms with Crippen molar-refractivity contribution in [3.05, 3.63) is 59.8 Å². The van der Waals surface area contributed by atoms with Crippen LogP contribution in [0.5, 0.6) is 0 Å². The van der Waals surface area contributed by atoms with Gasteiger partial charge in [-0.15, -0.1) is 0 Å². The van der Waals surface area contributed by atoms with Crippen molar-refractivity contribution in [2.24, 2.45) is 0 Å². The number of hydrogen-bond acceptors (Lipinski definition) is 5. The minimum absolute atomic E-state index is 0.102. The van der Waals surface area contributed by atoms with Crippen molar-refractivity contribution in [1.82, 2.24) is 9.80 Å². The van der Waals surface area contributed by atoms with Crippen molar-refractivity contribution >= 4 is 5.91 Å². The predicted molar refractivity (Wildman–Crippen MR) is 97.9 cm³/mol. The SMILES string of the molecule is COCCN(C[C@@H]1CN(Cc2ccco2)CCO1)C(=O)c1ccc(F)cc1. The van der Waals surface area contributed by atoms with Crippen molar-refractivity contribution in [2.45, 2.75) is 12.6 Å². The number of carbonyl (C=O) groups excluding carboxylic acids is 1. The second-order valence-electron chi connectivity index (χ2n) is 6.56. The molecule has 3 rings (SSSR count). The zero-order valence-electron chi connectivity index (χ0n) is 15.5.